The van der Waals surface area contributed by atoms with Gasteiger partial charge in [0.2, 0.25) is 5.91 Å². The fourth-order valence-electron chi connectivity index (χ4n) is 3.76. The number of rotatable bonds is 5. The summed E-state index contributed by atoms with van der Waals surface area (Å²) < 4.78 is 35.3. The van der Waals surface area contributed by atoms with E-state index in [1.54, 1.807) is 30.6 Å². The number of fused-ring (bicyclic) bond motifs is 1. The lowest BCUT2D eigenvalue weighted by atomic mass is 9.98. The second-order valence-electron chi connectivity index (χ2n) is 7.42. The van der Waals surface area contributed by atoms with Crippen LogP contribution in [0.2, 0.25) is 0 Å². The van der Waals surface area contributed by atoms with Crippen LogP contribution in [0.4, 0.5) is 5.69 Å². The fourth-order valence-corrected chi connectivity index (χ4v) is 4.60. The lowest BCUT2D eigenvalue weighted by molar-refractivity contribution is -0.132. The summed E-state index contributed by atoms with van der Waals surface area (Å²) in [4.78, 5) is 18.5. The summed E-state index contributed by atoms with van der Waals surface area (Å²) in [5.74, 6) is 0.636. The minimum Gasteiger partial charge on any atom is -0.492 e. The van der Waals surface area contributed by atoms with Crippen LogP contribution in [-0.4, -0.2) is 49.7 Å². The maximum Gasteiger partial charge on any atom is 0.344 e. The minimum atomic E-state index is -3.83. The molecule has 10 heteroatoms. The Morgan fingerprint density at radius 2 is 2.07 bits per heavy atom. The van der Waals surface area contributed by atoms with E-state index in [0.29, 0.717) is 36.6 Å². The van der Waals surface area contributed by atoms with Gasteiger partial charge < -0.3 is 15.4 Å². The Morgan fingerprint density at radius 1 is 1.27 bits per heavy atom. The Kier molecular flexibility index (Phi) is 5.58. The average Bonchev–Trinajstić information content (AvgIpc) is 2.72. The molecule has 1 fully saturated rings. The molecule has 2 aliphatic rings. The Labute approximate surface area is 175 Å². The number of aromatic nitrogens is 1. The van der Waals surface area contributed by atoms with Gasteiger partial charge in [0.05, 0.1) is 24.3 Å². The van der Waals surface area contributed by atoms with E-state index < -0.39 is 10.2 Å². The van der Waals surface area contributed by atoms with Crippen molar-refractivity contribution in [3.63, 3.8) is 0 Å². The zero-order chi connectivity index (χ0) is 21.1. The van der Waals surface area contributed by atoms with Crippen LogP contribution < -0.4 is 15.2 Å². The monoisotopic (exact) mass is 429 g/mol. The van der Waals surface area contributed by atoms with Crippen LogP contribution in [0.3, 0.4) is 0 Å². The number of amidine groups is 1. The molecule has 0 saturated carbocycles. The van der Waals surface area contributed by atoms with Gasteiger partial charge in [-0.15, -0.1) is 4.40 Å². The zero-order valence-corrected chi connectivity index (χ0v) is 17.1. The molecule has 1 saturated heterocycles. The van der Waals surface area contributed by atoms with Gasteiger partial charge in [0.1, 0.15) is 5.75 Å². The van der Waals surface area contributed by atoms with Gasteiger partial charge >= 0.3 is 10.2 Å². The number of nitrogens with two attached hydrogens (primary N) is 1. The first-order valence-electron chi connectivity index (χ1n) is 9.72. The van der Waals surface area contributed by atoms with Crippen LogP contribution in [0.1, 0.15) is 24.0 Å². The molecule has 2 aliphatic heterocycles. The van der Waals surface area contributed by atoms with Crippen LogP contribution in [0.25, 0.3) is 0 Å². The fraction of sp³-hybridized carbons (Fsp3) is 0.350. The molecule has 0 radical (unpaired) electrons. The van der Waals surface area contributed by atoms with E-state index in [9.17, 15) is 13.2 Å². The summed E-state index contributed by atoms with van der Waals surface area (Å²) in [7, 11) is -3.83. The highest BCUT2D eigenvalue weighted by Gasteiger charge is 2.27. The number of amides is 1. The van der Waals surface area contributed by atoms with Gasteiger partial charge in [0.15, 0.2) is 5.84 Å². The number of hydrogen-bond donors (Lipinski definition) is 2. The topological polar surface area (TPSA) is 127 Å². The van der Waals surface area contributed by atoms with Gasteiger partial charge in [-0.1, -0.05) is 6.07 Å². The van der Waals surface area contributed by atoms with Crippen molar-refractivity contribution < 1.29 is 17.9 Å². The van der Waals surface area contributed by atoms with Gasteiger partial charge in [0, 0.05) is 31.4 Å². The third-order valence-electron chi connectivity index (χ3n) is 5.19. The molecule has 1 unspecified atom stereocenters. The highest BCUT2D eigenvalue weighted by molar-refractivity contribution is 7.91. The highest BCUT2D eigenvalue weighted by Crippen LogP contribution is 2.31. The number of carbonyl (C=O) groups is 1. The van der Waals surface area contributed by atoms with Gasteiger partial charge in [-0.3, -0.25) is 14.5 Å². The molecule has 1 aromatic carbocycles. The summed E-state index contributed by atoms with van der Waals surface area (Å²) in [5, 5.41) is 0. The highest BCUT2D eigenvalue weighted by atomic mass is 32.2. The molecule has 30 heavy (non-hydrogen) atoms. The molecule has 3 heterocycles. The first kappa shape index (κ1) is 20.1. The van der Waals surface area contributed by atoms with Crippen molar-refractivity contribution in [2.24, 2.45) is 16.0 Å². The van der Waals surface area contributed by atoms with Crippen LogP contribution in [0.5, 0.6) is 5.75 Å². The number of ether oxygens (including phenoxy) is 1. The Morgan fingerprint density at radius 3 is 2.87 bits per heavy atom. The summed E-state index contributed by atoms with van der Waals surface area (Å²) in [6.45, 7) is 1.76. The van der Waals surface area contributed by atoms with Gasteiger partial charge in [-0.2, -0.15) is 8.42 Å². The number of nitrogens with zero attached hydrogens (tertiary/aromatic N) is 3. The Balaban J connectivity index is 1.40. The van der Waals surface area contributed by atoms with Crippen molar-refractivity contribution in [2.45, 2.75) is 19.3 Å². The van der Waals surface area contributed by atoms with Crippen molar-refractivity contribution in [3.8, 4) is 5.75 Å². The number of carbonyl (C=O) groups excluding carboxylic acids is 1. The van der Waals surface area contributed by atoms with Crippen LogP contribution in [-0.2, 0) is 21.4 Å². The molecule has 158 valence electrons. The lowest BCUT2D eigenvalue weighted by Crippen LogP contribution is -2.42. The predicted octanol–water partition coefficient (Wildman–Crippen LogP) is 1.32. The third kappa shape index (κ3) is 4.54. The standard InChI is InChI=1S/C20H23N5O4S/c21-20-19-16(23-30(27,28)24-20)4-1-5-17(19)29-13-15-3-2-10-25(12-15)18(26)11-14-6-8-22-9-7-14/h1,4-9,15,23H,2-3,10-13H2,(H2,21,24). The first-order chi connectivity index (χ1) is 14.4. The molecule has 0 spiro atoms. The molecule has 4 rings (SSSR count). The van der Waals surface area contributed by atoms with Crippen molar-refractivity contribution in [1.82, 2.24) is 9.88 Å². The number of nitrogens with one attached hydrogen (secondary N) is 1. The first-order valence-corrected chi connectivity index (χ1v) is 11.2. The maximum absolute atomic E-state index is 12.7. The smallest absolute Gasteiger partial charge is 0.344 e. The predicted molar refractivity (Wildman–Crippen MR) is 112 cm³/mol. The van der Waals surface area contributed by atoms with Crippen molar-refractivity contribution >= 4 is 27.6 Å². The van der Waals surface area contributed by atoms with Crippen molar-refractivity contribution in [3.05, 3.63) is 53.9 Å². The van der Waals surface area contributed by atoms with Gasteiger partial charge in [0.25, 0.3) is 0 Å². The summed E-state index contributed by atoms with van der Waals surface area (Å²) in [5.41, 5.74) is 7.59. The maximum atomic E-state index is 12.7. The number of benzene rings is 1. The largest absolute Gasteiger partial charge is 0.492 e. The molecule has 1 atom stereocenters. The van der Waals surface area contributed by atoms with E-state index in [4.69, 9.17) is 10.5 Å². The van der Waals surface area contributed by atoms with E-state index in [0.717, 1.165) is 24.9 Å². The van der Waals surface area contributed by atoms with Crippen molar-refractivity contribution in [2.75, 3.05) is 24.4 Å². The molecule has 0 bridgehead atoms. The molecule has 3 N–H and O–H groups in total. The summed E-state index contributed by atoms with van der Waals surface area (Å²) in [6.07, 6.45) is 5.59. The molecule has 9 nitrogen and oxygen atoms in total. The molecule has 1 amide bonds. The van der Waals surface area contributed by atoms with Gasteiger partial charge in [-0.05, 0) is 42.7 Å². The van der Waals surface area contributed by atoms with E-state index in [1.807, 2.05) is 17.0 Å². The quantitative estimate of drug-likeness (QED) is 0.738. The van der Waals surface area contributed by atoms with E-state index in [-0.39, 0.29) is 17.7 Å². The Hall–Kier alpha value is -3.14. The zero-order valence-electron chi connectivity index (χ0n) is 16.3. The lowest BCUT2D eigenvalue weighted by Gasteiger charge is -2.33. The molecule has 1 aromatic heterocycles. The number of hydrogen-bond acceptors (Lipinski definition) is 6. The Bertz CT molecular complexity index is 1070. The van der Waals surface area contributed by atoms with Crippen molar-refractivity contribution in [1.29, 1.82) is 0 Å². The van der Waals surface area contributed by atoms with Crippen LogP contribution in [0, 0.1) is 5.92 Å². The number of anilines is 1. The van der Waals surface area contributed by atoms with Gasteiger partial charge in [-0.25, -0.2) is 0 Å². The van der Waals surface area contributed by atoms with E-state index in [1.165, 1.54) is 0 Å². The second kappa shape index (κ2) is 8.31. The second-order valence-corrected chi connectivity index (χ2v) is 8.76. The number of piperidine rings is 1. The third-order valence-corrected chi connectivity index (χ3v) is 6.11. The number of likely N-dealkylation sites (tertiary alicyclic amines) is 1. The minimum absolute atomic E-state index is 0.0915. The molecule has 2 aromatic rings. The number of pyridine rings is 1. The van der Waals surface area contributed by atoms with Crippen LogP contribution in [0.15, 0.2) is 47.1 Å². The average molecular weight is 430 g/mol. The molecule has 0 aliphatic carbocycles. The normalized spacial score (nSPS) is 19.9. The molecular weight excluding hydrogens is 406 g/mol. The molecular formula is C20H23N5O4S. The SMILES string of the molecule is NC1=NS(=O)(=O)Nc2cccc(OCC3CCCN(C(=O)Cc4ccncc4)C3)c21. The summed E-state index contributed by atoms with van der Waals surface area (Å²) in [6, 6.07) is 8.74. The van der Waals surface area contributed by atoms with E-state index >= 15 is 0 Å². The van der Waals surface area contributed by atoms with E-state index in [2.05, 4.69) is 14.1 Å². The van der Waals surface area contributed by atoms with Crippen LogP contribution >= 0.6 is 0 Å². The summed E-state index contributed by atoms with van der Waals surface area (Å²) >= 11 is 0.